The summed E-state index contributed by atoms with van der Waals surface area (Å²) in [6.07, 6.45) is 12.8. The van der Waals surface area contributed by atoms with Crippen LogP contribution in [0.15, 0.2) is 53.0 Å². The van der Waals surface area contributed by atoms with Gasteiger partial charge in [-0.25, -0.2) is 17.6 Å². The van der Waals surface area contributed by atoms with Gasteiger partial charge in [-0.05, 0) is 183 Å². The van der Waals surface area contributed by atoms with Gasteiger partial charge in [0.2, 0.25) is 0 Å². The predicted molar refractivity (Wildman–Crippen MR) is 366 cm³/mol. The third-order valence-corrected chi connectivity index (χ3v) is 20.1. The largest absolute Gasteiger partial charge is 2.00 e. The van der Waals surface area contributed by atoms with Gasteiger partial charge in [0.25, 0.3) is 0 Å². The number of aliphatic hydroxyl groups excluding tert-OH is 2. The zero-order chi connectivity index (χ0) is 64.6. The van der Waals surface area contributed by atoms with E-state index in [4.69, 9.17) is 92.8 Å². The molecule has 4 aliphatic rings. The van der Waals surface area contributed by atoms with Crippen molar-refractivity contribution in [1.29, 1.82) is 0 Å². The molecule has 8 rings (SSSR count). The number of nitrogens with zero attached hydrogens (tertiary/aromatic N) is 3. The van der Waals surface area contributed by atoms with Crippen molar-refractivity contribution >= 4 is 177 Å². The molecule has 0 aliphatic carbocycles. The summed E-state index contributed by atoms with van der Waals surface area (Å²) >= 11 is 48.9. The minimum absolute atomic E-state index is 0. The molecule has 0 radical (unpaired) electrons. The Morgan fingerprint density at radius 3 is 1.47 bits per heavy atom. The SMILES string of the molecule is CCCC1(C(=O)c2cc(F)c(Cl)c(Cl)c2)CCCN1B(C)O.CCCC1(C(O)c2cc(F)c(Cl)c(Cl)c2)CCCN1.CCCC1(C(O)c2cc(F)c(Cl)c(Cl)c2)CCCN1B(C)O.CCCC1(C=O)CCCN1B(C)O.Cl.Fc1cc(Br)cc(Cl)c1Cl.[H-].[H-].[Mg+2]. The van der Waals surface area contributed by atoms with Gasteiger partial charge in [0.1, 0.15) is 29.6 Å². The van der Waals surface area contributed by atoms with Crippen LogP contribution in [0, 0.1) is 23.3 Å². The topological polar surface area (TPSA) is 157 Å². The maximum absolute atomic E-state index is 13.9. The maximum Gasteiger partial charge on any atom is 2.00 e. The molecule has 6 atom stereocenters. The number of ketones is 1. The first-order chi connectivity index (χ1) is 40.4. The average molecular weight is 1490 g/mol. The molecule has 29 heteroatoms. The molecule has 4 aliphatic heterocycles. The van der Waals surface area contributed by atoms with Crippen LogP contribution in [0.5, 0.6) is 0 Å². The molecule has 488 valence electrons. The van der Waals surface area contributed by atoms with Gasteiger partial charge in [-0.3, -0.25) is 4.79 Å². The van der Waals surface area contributed by atoms with Crippen LogP contribution in [0.1, 0.15) is 167 Å². The van der Waals surface area contributed by atoms with Crippen molar-refractivity contribution in [2.75, 3.05) is 26.2 Å². The standard InChI is InChI=1S/C15H21BCl2FNO2.C15H19BCl2FNO2.C14H18Cl2FNO.C9H18BNO2.C6H2BrCl2F.ClH.Mg.2H/c2*1-3-5-15(6-4-7-20(15)16(2)22)14(21)10-8-11(17)13(18)12(19)9-10;1-2-4-14(5-3-6-18-14)13(19)9-7-10(15)12(16)11(17)8-9;1-3-5-9(8-12)6-4-7-11(9)10(2)13;7-3-1-4(8)6(9)5(10)2-3;;;;/h8-9,14,21-22H,3-7H2,1-2H3;8-9,22H,3-7H2,1-2H3;7-8,13,18-19H,2-6H2,1H3;8,13H,3-7H2,1-2H3;1-2H;1H;;;/q;;;;;;+2;2*-1. The fraction of sp³-hybridized carbons (Fsp3) is 0.559. The Morgan fingerprint density at radius 2 is 1.02 bits per heavy atom. The molecular weight excluding hydrogens is 1410 g/mol. The molecule has 4 heterocycles. The van der Waals surface area contributed by atoms with Crippen LogP contribution in [0.25, 0.3) is 0 Å². The van der Waals surface area contributed by atoms with Crippen LogP contribution in [-0.4, -0.2) is 144 Å². The van der Waals surface area contributed by atoms with E-state index < -0.39 is 67.7 Å². The maximum atomic E-state index is 13.9. The second-order valence-corrected chi connectivity index (χ2v) is 26.6. The molecule has 0 bridgehead atoms. The predicted octanol–water partition coefficient (Wildman–Crippen LogP) is 17.2. The van der Waals surface area contributed by atoms with Crippen LogP contribution in [0.4, 0.5) is 17.6 Å². The number of benzene rings is 4. The Labute approximate surface area is 591 Å². The van der Waals surface area contributed by atoms with Crippen molar-refractivity contribution in [3.63, 3.8) is 0 Å². The minimum Gasteiger partial charge on any atom is -1.00 e. The Bertz CT molecular complexity index is 2830. The number of aldehydes is 1. The fourth-order valence-electron chi connectivity index (χ4n) is 12.9. The summed E-state index contributed by atoms with van der Waals surface area (Å²) < 4.78 is 54.5. The summed E-state index contributed by atoms with van der Waals surface area (Å²) in [6, 6.07) is 10.9. The van der Waals surface area contributed by atoms with Gasteiger partial charge >= 0.3 is 44.2 Å². The van der Waals surface area contributed by atoms with Crippen LogP contribution < -0.4 is 5.32 Å². The van der Waals surface area contributed by atoms with Crippen molar-refractivity contribution in [3.05, 3.63) is 133 Å². The van der Waals surface area contributed by atoms with Crippen LogP contribution in [0.3, 0.4) is 0 Å². The van der Waals surface area contributed by atoms with Gasteiger partial charge in [0, 0.05) is 21.1 Å². The normalized spacial score (nSPS) is 22.2. The zero-order valence-corrected chi connectivity index (χ0v) is 60.5. The molecule has 4 aromatic carbocycles. The van der Waals surface area contributed by atoms with E-state index >= 15 is 0 Å². The molecule has 0 saturated carbocycles. The number of nitrogens with one attached hydrogen (secondary N) is 1. The Kier molecular flexibility index (Phi) is 36.5. The van der Waals surface area contributed by atoms with Gasteiger partial charge in [-0.1, -0.05) is 162 Å². The molecule has 4 fully saturated rings. The molecule has 0 amide bonds. The number of carbonyl (C=O) groups is 2. The molecule has 4 aromatic rings. The monoisotopic (exact) mass is 1480 g/mol. The molecular formula is C59H81B3BrCl9F4MgN4O7. The number of Topliss-reactive ketones (excluding diaryl/α,β-unsaturated/α-hetero) is 1. The fourth-order valence-corrected chi connectivity index (χ4v) is 14.7. The first-order valence-electron chi connectivity index (χ1n) is 29.1. The van der Waals surface area contributed by atoms with Crippen LogP contribution in [0.2, 0.25) is 60.7 Å². The van der Waals surface area contributed by atoms with E-state index in [1.54, 1.807) is 31.3 Å². The summed E-state index contributed by atoms with van der Waals surface area (Å²) in [5, 5.41) is 54.5. The van der Waals surface area contributed by atoms with Crippen LogP contribution in [-0.2, 0) is 4.79 Å². The molecule has 88 heavy (non-hydrogen) atoms. The summed E-state index contributed by atoms with van der Waals surface area (Å²) in [7, 11) is -1.90. The molecule has 0 aromatic heterocycles. The smallest absolute Gasteiger partial charge is 1.00 e. The zero-order valence-electron chi connectivity index (χ0n) is 52.6. The van der Waals surface area contributed by atoms with Crippen molar-refractivity contribution < 1.29 is 55.3 Å². The van der Waals surface area contributed by atoms with E-state index in [0.29, 0.717) is 48.0 Å². The van der Waals surface area contributed by atoms with Crippen molar-refractivity contribution in [3.8, 4) is 0 Å². The summed E-state index contributed by atoms with van der Waals surface area (Å²) in [6.45, 7) is 16.3. The first-order valence-corrected chi connectivity index (χ1v) is 33.0. The summed E-state index contributed by atoms with van der Waals surface area (Å²) in [5.41, 5.74) is -1.07. The average Bonchev–Trinajstić information content (AvgIpc) is 2.25. The molecule has 11 nitrogen and oxygen atoms in total. The van der Waals surface area contributed by atoms with E-state index in [2.05, 4.69) is 35.1 Å². The second-order valence-electron chi connectivity index (χ2n) is 22.5. The van der Waals surface area contributed by atoms with Crippen molar-refractivity contribution in [1.82, 2.24) is 19.7 Å². The molecule has 6 N–H and O–H groups in total. The van der Waals surface area contributed by atoms with Gasteiger partial charge in [-0.2, -0.15) is 0 Å². The second kappa shape index (κ2) is 38.4. The van der Waals surface area contributed by atoms with E-state index in [0.717, 1.165) is 109 Å². The van der Waals surface area contributed by atoms with Crippen LogP contribution >= 0.6 is 121 Å². The summed E-state index contributed by atoms with van der Waals surface area (Å²) in [5.74, 6) is -2.65. The summed E-state index contributed by atoms with van der Waals surface area (Å²) in [4.78, 5) is 29.8. The molecule has 0 spiro atoms. The number of hydrogen-bond acceptors (Lipinski definition) is 11. The van der Waals surface area contributed by atoms with E-state index in [-0.39, 0.29) is 101 Å². The molecule has 6 unspecified atom stereocenters. The van der Waals surface area contributed by atoms with Gasteiger partial charge in [0.15, 0.2) is 5.78 Å². The van der Waals surface area contributed by atoms with E-state index in [1.807, 2.05) is 23.5 Å². The van der Waals surface area contributed by atoms with Gasteiger partial charge < -0.3 is 52.7 Å². The number of halogens is 14. The number of carbonyl (C=O) groups excluding carboxylic acids is 2. The third kappa shape index (κ3) is 20.6. The van der Waals surface area contributed by atoms with Crippen molar-refractivity contribution in [2.24, 2.45) is 0 Å². The first kappa shape index (κ1) is 83.7. The Balaban J connectivity index is 0.00000111. The van der Waals surface area contributed by atoms with Gasteiger partial charge in [-0.15, -0.1) is 12.4 Å². The van der Waals surface area contributed by atoms with Gasteiger partial charge in [0.05, 0.1) is 63.5 Å². The number of aliphatic hydroxyl groups is 2. The number of rotatable bonds is 18. The Morgan fingerprint density at radius 1 is 0.591 bits per heavy atom. The minimum atomic E-state index is -0.936. The number of hydrogen-bond donors (Lipinski definition) is 6. The molecule has 4 saturated heterocycles. The van der Waals surface area contributed by atoms with Crippen molar-refractivity contribution in [2.45, 2.75) is 185 Å². The van der Waals surface area contributed by atoms with E-state index in [9.17, 15) is 52.4 Å². The third-order valence-electron chi connectivity index (χ3n) is 16.6. The quantitative estimate of drug-likeness (QED) is 0.0141. The Hall–Kier alpha value is -0.369. The van der Waals surface area contributed by atoms with E-state index in [1.165, 1.54) is 36.4 Å².